The van der Waals surface area contributed by atoms with E-state index in [9.17, 15) is 0 Å². The van der Waals surface area contributed by atoms with Crippen molar-refractivity contribution in [2.24, 2.45) is 0 Å². The number of aromatic nitrogens is 8. The Balaban J connectivity index is 0.000000122. The summed E-state index contributed by atoms with van der Waals surface area (Å²) in [6.07, 6.45) is 0. The molecule has 98 heavy (non-hydrogen) atoms. The fourth-order valence-electron chi connectivity index (χ4n) is 13.2. The van der Waals surface area contributed by atoms with Gasteiger partial charge in [0.1, 0.15) is 27.9 Å². The van der Waals surface area contributed by atoms with Crippen molar-refractivity contribution in [3.8, 4) is 56.5 Å². The van der Waals surface area contributed by atoms with E-state index < -0.39 is 7.12 Å². The zero-order valence-electron chi connectivity index (χ0n) is 53.2. The summed E-state index contributed by atoms with van der Waals surface area (Å²) >= 11 is 18.0. The van der Waals surface area contributed by atoms with Gasteiger partial charge in [0.2, 0.25) is 10.6 Å². The van der Waals surface area contributed by atoms with Crippen LogP contribution in [0, 0.1) is 0 Å². The minimum Gasteiger partial charge on any atom is -0.452 e. The monoisotopic (exact) mass is 1330 g/mol. The Labute approximate surface area is 576 Å². The lowest BCUT2D eigenvalue weighted by molar-refractivity contribution is 0.00578. The highest BCUT2D eigenvalue weighted by molar-refractivity contribution is 6.62. The molecular weight excluding hydrogens is 1280 g/mol. The first kappa shape index (κ1) is 60.6. The van der Waals surface area contributed by atoms with Crippen LogP contribution in [0.1, 0.15) is 27.7 Å². The number of nitrogens with zero attached hydrogens (tertiary/aromatic N) is 8. The van der Waals surface area contributed by atoms with Crippen molar-refractivity contribution in [2.45, 2.75) is 38.9 Å². The fourth-order valence-corrected chi connectivity index (χ4v) is 13.7. The van der Waals surface area contributed by atoms with Gasteiger partial charge in [-0.25, -0.2) is 39.9 Å². The maximum atomic E-state index is 6.38. The molecule has 0 saturated carbocycles. The van der Waals surface area contributed by atoms with Gasteiger partial charge in [-0.3, -0.25) is 0 Å². The number of halogens is 3. The van der Waals surface area contributed by atoms with Crippen LogP contribution in [0.15, 0.2) is 264 Å². The molecule has 1 aliphatic heterocycles. The molecule has 1 saturated heterocycles. The van der Waals surface area contributed by atoms with E-state index >= 15 is 0 Å². The second-order valence-corrected chi connectivity index (χ2v) is 26.2. The van der Waals surface area contributed by atoms with Gasteiger partial charge in [-0.2, -0.15) is 0 Å². The summed E-state index contributed by atoms with van der Waals surface area (Å²) in [5, 5.41) is 14.0. The van der Waals surface area contributed by atoms with Crippen LogP contribution in [-0.4, -0.2) is 58.2 Å². The van der Waals surface area contributed by atoms with Crippen molar-refractivity contribution in [3.63, 3.8) is 0 Å². The minimum absolute atomic E-state index is 0.124. The standard InChI is InChI=1S/C38H21ClN4O.C34H29BN2O2.C10H4Cl2N2O/c39-38-42-33(36-35(43-38)29-14-6-8-16-32(29)44-36)22-17-19-23(20-18-22)37-40-31-15-7-5-13-28(31)34(41-37)30-21-24-9-1-2-10-25(24)26-11-3-4-12-27(26)30;1-33(2)34(3,4)39-35(38-33)24-19-17-22(18-20-24)32-36-30-16-10-9-15-28(30)31(37-32)29-21-23-11-5-6-12-25(23)26-13-7-8-14-27(26)29;11-9-8-7(13-10(12)14-9)5-3-1-2-4-6(5)15-8/h1-21H;5-21H,1-4H3;1-4H. The Kier molecular flexibility index (Phi) is 15.0. The molecule has 0 spiro atoms. The molecule has 12 aromatic carbocycles. The van der Waals surface area contributed by atoms with E-state index in [0.29, 0.717) is 39.5 Å². The predicted octanol–water partition coefficient (Wildman–Crippen LogP) is 21.5. The Morgan fingerprint density at radius 3 is 1.19 bits per heavy atom. The number of fused-ring (bicyclic) bond motifs is 14. The van der Waals surface area contributed by atoms with Gasteiger partial charge in [0, 0.05) is 49.4 Å². The molecule has 1 aliphatic rings. The summed E-state index contributed by atoms with van der Waals surface area (Å²) in [6, 6.07) is 86.7. The molecule has 19 rings (SSSR count). The first-order valence-corrected chi connectivity index (χ1v) is 33.2. The van der Waals surface area contributed by atoms with Crippen LogP contribution >= 0.6 is 34.8 Å². The minimum atomic E-state index is -0.402. The molecule has 18 aromatic rings. The molecule has 12 nitrogen and oxygen atoms in total. The Morgan fingerprint density at radius 1 is 0.316 bits per heavy atom. The van der Waals surface area contributed by atoms with Crippen LogP contribution in [0.3, 0.4) is 0 Å². The van der Waals surface area contributed by atoms with E-state index in [1.54, 1.807) is 0 Å². The molecule has 0 bridgehead atoms. The number of furan rings is 2. The summed E-state index contributed by atoms with van der Waals surface area (Å²) in [7, 11) is -0.402. The molecule has 6 aromatic heterocycles. The van der Waals surface area contributed by atoms with Crippen molar-refractivity contribution in [1.82, 2.24) is 39.9 Å². The lowest BCUT2D eigenvalue weighted by Gasteiger charge is -2.32. The van der Waals surface area contributed by atoms with Gasteiger partial charge >= 0.3 is 7.12 Å². The van der Waals surface area contributed by atoms with Crippen LogP contribution < -0.4 is 5.46 Å². The highest BCUT2D eigenvalue weighted by atomic mass is 35.5. The number of hydrogen-bond acceptors (Lipinski definition) is 12. The summed E-state index contributed by atoms with van der Waals surface area (Å²) in [6.45, 7) is 8.29. The fraction of sp³-hybridized carbons (Fsp3) is 0.0732. The SMILES string of the molecule is CC1(C)OB(c2ccc(-c3nc(-c4cc5ccccc5c5ccccc45)c4ccccc4n3)cc2)OC1(C)C.Clc1nc(-c2ccc(-c3nc(-c4cc5ccccc5c5ccccc45)c4ccccc4n3)cc2)c2oc3ccccc3c2n1.Clc1nc(Cl)c2oc3ccccc3c2n1. The topological polar surface area (TPSA) is 148 Å². The molecule has 0 radical (unpaired) electrons. The molecular formula is C82H54BCl3N8O4. The highest BCUT2D eigenvalue weighted by Crippen LogP contribution is 2.43. The third kappa shape index (κ3) is 10.8. The summed E-state index contributed by atoms with van der Waals surface area (Å²) < 4.78 is 24.2. The normalized spacial score (nSPS) is 13.5. The molecule has 1 fully saturated rings. The van der Waals surface area contributed by atoms with Crippen LogP contribution in [0.5, 0.6) is 0 Å². The highest BCUT2D eigenvalue weighted by Gasteiger charge is 2.51. The Hall–Kier alpha value is -11.0. The summed E-state index contributed by atoms with van der Waals surface area (Å²) in [5.74, 6) is 1.35. The molecule has 7 heterocycles. The van der Waals surface area contributed by atoms with Crippen molar-refractivity contribution < 1.29 is 18.1 Å². The summed E-state index contributed by atoms with van der Waals surface area (Å²) in [4.78, 5) is 37.3. The molecule has 470 valence electrons. The largest absolute Gasteiger partial charge is 0.494 e. The second-order valence-electron chi connectivity index (χ2n) is 25.2. The second kappa shape index (κ2) is 24.3. The van der Waals surface area contributed by atoms with Crippen LogP contribution in [-0.2, 0) is 9.31 Å². The van der Waals surface area contributed by atoms with E-state index in [-0.39, 0.29) is 26.9 Å². The molecule has 0 aliphatic carbocycles. The van der Waals surface area contributed by atoms with Gasteiger partial charge in [-0.05, 0) is 148 Å². The first-order chi connectivity index (χ1) is 47.8. The van der Waals surface area contributed by atoms with E-state index in [2.05, 4.69) is 205 Å². The van der Waals surface area contributed by atoms with Gasteiger partial charge < -0.3 is 18.1 Å². The molecule has 0 N–H and O–H groups in total. The first-order valence-electron chi connectivity index (χ1n) is 32.0. The van der Waals surface area contributed by atoms with Crippen molar-refractivity contribution >= 4 is 156 Å². The zero-order chi connectivity index (χ0) is 66.4. The number of rotatable bonds is 6. The molecule has 16 heteroatoms. The quantitative estimate of drug-likeness (QED) is 0.0675. The van der Waals surface area contributed by atoms with Crippen LogP contribution in [0.4, 0.5) is 0 Å². The van der Waals surface area contributed by atoms with Gasteiger partial charge in [-0.1, -0.05) is 218 Å². The average Bonchev–Trinajstić information content (AvgIpc) is 1.38. The molecule has 0 amide bonds. The number of benzene rings is 12. The van der Waals surface area contributed by atoms with E-state index in [4.69, 9.17) is 72.9 Å². The third-order valence-electron chi connectivity index (χ3n) is 18.7. The predicted molar refractivity (Wildman–Crippen MR) is 399 cm³/mol. The number of hydrogen-bond donors (Lipinski definition) is 0. The summed E-state index contributed by atoms with van der Waals surface area (Å²) in [5.41, 5.74) is 13.3. The maximum Gasteiger partial charge on any atom is 0.494 e. The van der Waals surface area contributed by atoms with Crippen molar-refractivity contribution in [2.75, 3.05) is 0 Å². The lowest BCUT2D eigenvalue weighted by atomic mass is 9.79. The van der Waals surface area contributed by atoms with Gasteiger partial charge in [-0.15, -0.1) is 0 Å². The zero-order valence-corrected chi connectivity index (χ0v) is 55.4. The third-order valence-corrected chi connectivity index (χ3v) is 19.3. The Bertz CT molecular complexity index is 6210. The smallest absolute Gasteiger partial charge is 0.452 e. The maximum absolute atomic E-state index is 6.38. The van der Waals surface area contributed by atoms with Crippen molar-refractivity contribution in [3.05, 3.63) is 271 Å². The molecule has 0 unspecified atom stereocenters. The van der Waals surface area contributed by atoms with Crippen LogP contribution in [0.2, 0.25) is 15.7 Å². The molecule has 0 atom stereocenters. The van der Waals surface area contributed by atoms with Crippen LogP contribution in [0.25, 0.3) is 166 Å². The Morgan fingerprint density at radius 2 is 0.694 bits per heavy atom. The van der Waals surface area contributed by atoms with E-state index in [1.807, 2.05) is 97.1 Å². The van der Waals surface area contributed by atoms with Gasteiger partial charge in [0.05, 0.1) is 33.6 Å². The van der Waals surface area contributed by atoms with E-state index in [0.717, 1.165) is 93.8 Å². The van der Waals surface area contributed by atoms with Crippen molar-refractivity contribution in [1.29, 1.82) is 0 Å². The van der Waals surface area contributed by atoms with E-state index in [1.165, 1.54) is 37.7 Å². The average molecular weight is 1330 g/mol. The van der Waals surface area contributed by atoms with Gasteiger partial charge in [0.25, 0.3) is 0 Å². The number of para-hydroxylation sites is 4. The van der Waals surface area contributed by atoms with Gasteiger partial charge in [0.15, 0.2) is 28.0 Å². The lowest BCUT2D eigenvalue weighted by Crippen LogP contribution is -2.41.